The molecule has 1 N–H and O–H groups in total. The molecule has 23 heavy (non-hydrogen) atoms. The zero-order valence-corrected chi connectivity index (χ0v) is 14.1. The average Bonchev–Trinajstić information content (AvgIpc) is 2.84. The molecule has 1 aliphatic heterocycles. The first-order chi connectivity index (χ1) is 11.0. The second kappa shape index (κ2) is 6.02. The van der Waals surface area contributed by atoms with Crippen LogP contribution in [0.3, 0.4) is 0 Å². The number of carbonyl (C=O) groups excluding carboxylic acids is 1. The van der Waals surface area contributed by atoms with Crippen molar-refractivity contribution in [1.82, 2.24) is 19.4 Å². The number of hydrogen-bond donors (Lipinski definition) is 1. The normalized spacial score (nSPS) is 14.0. The molecule has 6 nitrogen and oxygen atoms in total. The number of imidazole rings is 1. The molecule has 0 saturated heterocycles. The predicted molar refractivity (Wildman–Crippen MR) is 89.4 cm³/mol. The molecule has 3 heterocycles. The predicted octanol–water partition coefficient (Wildman–Crippen LogP) is 2.84. The Kier molecular flexibility index (Phi) is 4.07. The third-order valence-electron chi connectivity index (χ3n) is 4.22. The molecule has 3 rings (SSSR count). The summed E-state index contributed by atoms with van der Waals surface area (Å²) >= 11 is 0. The van der Waals surface area contributed by atoms with Crippen LogP contribution in [0.15, 0.2) is 18.2 Å². The van der Waals surface area contributed by atoms with Crippen LogP contribution < -0.4 is 5.32 Å². The van der Waals surface area contributed by atoms with Gasteiger partial charge in [-0.2, -0.15) is 0 Å². The second-order valence-corrected chi connectivity index (χ2v) is 6.34. The maximum absolute atomic E-state index is 12.5. The van der Waals surface area contributed by atoms with E-state index in [0.29, 0.717) is 24.8 Å². The molecule has 0 aliphatic carbocycles. The third kappa shape index (κ3) is 3.06. The summed E-state index contributed by atoms with van der Waals surface area (Å²) in [5.41, 5.74) is 3.14. The van der Waals surface area contributed by atoms with E-state index in [-0.39, 0.29) is 6.03 Å². The van der Waals surface area contributed by atoms with Crippen molar-refractivity contribution < 1.29 is 4.79 Å². The zero-order chi connectivity index (χ0) is 16.6. The molecular weight excluding hydrogens is 290 g/mol. The lowest BCUT2D eigenvalue weighted by Gasteiger charge is -2.26. The van der Waals surface area contributed by atoms with Gasteiger partial charge in [0.05, 0.1) is 12.2 Å². The van der Waals surface area contributed by atoms with Gasteiger partial charge in [-0.3, -0.25) is 5.32 Å². The summed E-state index contributed by atoms with van der Waals surface area (Å²) in [4.78, 5) is 23.3. The first-order valence-electron chi connectivity index (χ1n) is 7.99. The lowest BCUT2D eigenvalue weighted by molar-refractivity contribution is 0.205. The lowest BCUT2D eigenvalue weighted by atomic mass is 10.1. The van der Waals surface area contributed by atoms with Crippen molar-refractivity contribution in [3.8, 4) is 0 Å². The van der Waals surface area contributed by atoms with Gasteiger partial charge >= 0.3 is 6.03 Å². The Morgan fingerprint density at radius 2 is 2.09 bits per heavy atom. The number of rotatable bonds is 2. The maximum Gasteiger partial charge on any atom is 0.323 e. The van der Waals surface area contributed by atoms with Crippen LogP contribution in [0.2, 0.25) is 0 Å². The van der Waals surface area contributed by atoms with Gasteiger partial charge in [0.25, 0.3) is 0 Å². The van der Waals surface area contributed by atoms with E-state index < -0.39 is 0 Å². The average molecular weight is 313 g/mol. The number of amides is 2. The Morgan fingerprint density at radius 1 is 1.30 bits per heavy atom. The fraction of sp³-hybridized carbons (Fsp3) is 0.471. The zero-order valence-electron chi connectivity index (χ0n) is 14.1. The van der Waals surface area contributed by atoms with E-state index in [1.807, 2.05) is 19.1 Å². The lowest BCUT2D eigenvalue weighted by Crippen LogP contribution is -2.39. The molecule has 0 atom stereocenters. The van der Waals surface area contributed by atoms with E-state index in [2.05, 4.69) is 35.8 Å². The smallest absolute Gasteiger partial charge is 0.323 e. The monoisotopic (exact) mass is 313 g/mol. The summed E-state index contributed by atoms with van der Waals surface area (Å²) in [6.45, 7) is 7.43. The maximum atomic E-state index is 12.5. The highest BCUT2D eigenvalue weighted by molar-refractivity contribution is 5.88. The van der Waals surface area contributed by atoms with Gasteiger partial charge in [-0.15, -0.1) is 0 Å². The highest BCUT2D eigenvalue weighted by Crippen LogP contribution is 2.23. The van der Waals surface area contributed by atoms with E-state index in [1.165, 1.54) is 5.69 Å². The van der Waals surface area contributed by atoms with E-state index in [4.69, 9.17) is 4.98 Å². The summed E-state index contributed by atoms with van der Waals surface area (Å²) in [5.74, 6) is 2.05. The highest BCUT2D eigenvalue weighted by Gasteiger charge is 2.26. The largest absolute Gasteiger partial charge is 0.334 e. The van der Waals surface area contributed by atoms with Crippen LogP contribution in [0.4, 0.5) is 10.6 Å². The molecule has 0 radical (unpaired) electrons. The summed E-state index contributed by atoms with van der Waals surface area (Å²) < 4.78 is 2.18. The van der Waals surface area contributed by atoms with Crippen LogP contribution in [-0.4, -0.2) is 32.0 Å². The van der Waals surface area contributed by atoms with E-state index in [0.717, 1.165) is 23.6 Å². The standard InChI is InChI=1S/C17H23N5O/c1-11(2)16-19-13-10-22(9-8-14(13)21(16)4)17(23)20-15-7-5-6-12(3)18-15/h5-7,11H,8-10H2,1-4H3,(H,18,20,23). The summed E-state index contributed by atoms with van der Waals surface area (Å²) in [6, 6.07) is 5.48. The number of carbonyl (C=O) groups is 1. The molecule has 0 fully saturated rings. The molecule has 2 amide bonds. The van der Waals surface area contributed by atoms with E-state index >= 15 is 0 Å². The van der Waals surface area contributed by atoms with Crippen LogP contribution in [0.25, 0.3) is 0 Å². The number of nitrogens with one attached hydrogen (secondary N) is 1. The van der Waals surface area contributed by atoms with Gasteiger partial charge in [-0.25, -0.2) is 14.8 Å². The molecule has 2 aromatic heterocycles. The molecular formula is C17H23N5O. The molecule has 0 saturated carbocycles. The number of fused-ring (bicyclic) bond motifs is 1. The molecule has 0 bridgehead atoms. The number of aromatic nitrogens is 3. The van der Waals surface area contributed by atoms with Gasteiger partial charge in [-0.05, 0) is 19.1 Å². The van der Waals surface area contributed by atoms with Crippen molar-refractivity contribution in [2.45, 2.75) is 39.7 Å². The SMILES string of the molecule is Cc1cccc(NC(=O)N2CCc3c(nc(C(C)C)n3C)C2)n1. The summed E-state index contributed by atoms with van der Waals surface area (Å²) in [5, 5.41) is 2.87. The van der Waals surface area contributed by atoms with Crippen molar-refractivity contribution in [3.05, 3.63) is 41.1 Å². The van der Waals surface area contributed by atoms with Crippen LogP contribution in [0, 0.1) is 6.92 Å². The quantitative estimate of drug-likeness (QED) is 0.927. The Balaban J connectivity index is 1.74. The number of pyridine rings is 1. The third-order valence-corrected chi connectivity index (χ3v) is 4.22. The van der Waals surface area contributed by atoms with Gasteiger partial charge in [0.15, 0.2) is 0 Å². The topological polar surface area (TPSA) is 63.1 Å². The molecule has 1 aliphatic rings. The molecule has 0 spiro atoms. The molecule has 6 heteroatoms. The first-order valence-corrected chi connectivity index (χ1v) is 7.99. The summed E-state index contributed by atoms with van der Waals surface area (Å²) in [7, 11) is 2.06. The van der Waals surface area contributed by atoms with E-state index in [9.17, 15) is 4.79 Å². The van der Waals surface area contributed by atoms with Gasteiger partial charge in [0.1, 0.15) is 11.6 Å². The Labute approximate surface area is 136 Å². The highest BCUT2D eigenvalue weighted by atomic mass is 16.2. The van der Waals surface area contributed by atoms with Crippen molar-refractivity contribution in [2.24, 2.45) is 7.05 Å². The van der Waals surface area contributed by atoms with Crippen molar-refractivity contribution in [2.75, 3.05) is 11.9 Å². The first kappa shape index (κ1) is 15.5. The Hall–Kier alpha value is -2.37. The number of urea groups is 1. The summed E-state index contributed by atoms with van der Waals surface area (Å²) in [6.07, 6.45) is 0.834. The van der Waals surface area contributed by atoms with E-state index in [1.54, 1.807) is 11.0 Å². The van der Waals surface area contributed by atoms with Gasteiger partial charge in [-0.1, -0.05) is 19.9 Å². The Morgan fingerprint density at radius 3 is 2.78 bits per heavy atom. The number of aryl methyl sites for hydroxylation is 1. The minimum atomic E-state index is -0.120. The van der Waals surface area contributed by atoms with Crippen molar-refractivity contribution >= 4 is 11.8 Å². The fourth-order valence-electron chi connectivity index (χ4n) is 3.04. The molecule has 122 valence electrons. The van der Waals surface area contributed by atoms with Crippen LogP contribution in [0.5, 0.6) is 0 Å². The fourth-order valence-corrected chi connectivity index (χ4v) is 3.04. The number of anilines is 1. The number of hydrogen-bond acceptors (Lipinski definition) is 3. The van der Waals surface area contributed by atoms with Gasteiger partial charge < -0.3 is 9.47 Å². The molecule has 0 unspecified atom stereocenters. The van der Waals surface area contributed by atoms with Crippen molar-refractivity contribution in [3.63, 3.8) is 0 Å². The minimum absolute atomic E-state index is 0.120. The van der Waals surface area contributed by atoms with Gasteiger partial charge in [0.2, 0.25) is 0 Å². The minimum Gasteiger partial charge on any atom is -0.334 e. The van der Waals surface area contributed by atoms with Crippen LogP contribution in [0.1, 0.15) is 42.7 Å². The number of nitrogens with zero attached hydrogens (tertiary/aromatic N) is 4. The van der Waals surface area contributed by atoms with Crippen LogP contribution in [-0.2, 0) is 20.0 Å². The Bertz CT molecular complexity index is 735. The molecule has 0 aromatic carbocycles. The van der Waals surface area contributed by atoms with Crippen LogP contribution >= 0.6 is 0 Å². The van der Waals surface area contributed by atoms with Gasteiger partial charge in [0, 0.05) is 37.3 Å². The molecule has 2 aromatic rings. The van der Waals surface area contributed by atoms with Crippen molar-refractivity contribution in [1.29, 1.82) is 0 Å². The second-order valence-electron chi connectivity index (χ2n) is 6.34.